The van der Waals surface area contributed by atoms with Crippen LogP contribution in [0.25, 0.3) is 0 Å². The summed E-state index contributed by atoms with van der Waals surface area (Å²) in [5.41, 5.74) is 0. The Balaban J connectivity index is 2.75. The van der Waals surface area contributed by atoms with E-state index >= 15 is 0 Å². The van der Waals surface area contributed by atoms with Crippen LogP contribution >= 0.6 is 11.3 Å². The third-order valence-corrected chi connectivity index (χ3v) is 2.44. The van der Waals surface area contributed by atoms with Crippen LogP contribution in [0.1, 0.15) is 9.75 Å². The van der Waals surface area contributed by atoms with Crippen molar-refractivity contribution in [2.24, 2.45) is 0 Å². The lowest BCUT2D eigenvalue weighted by Gasteiger charge is -2.04. The molecule has 0 amide bonds. The first-order valence-corrected chi connectivity index (χ1v) is 4.27. The van der Waals surface area contributed by atoms with Crippen LogP contribution in [0.4, 0.5) is 13.2 Å². The Morgan fingerprint density at radius 3 is 2.46 bits per heavy atom. The van der Waals surface area contributed by atoms with Crippen LogP contribution in [0.2, 0.25) is 0 Å². The predicted molar refractivity (Wildman–Crippen MR) is 42.6 cm³/mol. The van der Waals surface area contributed by atoms with Gasteiger partial charge in [-0.25, -0.2) is 0 Å². The number of thiophene rings is 1. The van der Waals surface area contributed by atoms with Gasteiger partial charge in [0.05, 0.1) is 6.54 Å². The molecular weight excluding hydrogens is 203 g/mol. The van der Waals surface area contributed by atoms with Gasteiger partial charge in [0.15, 0.2) is 0 Å². The number of alkyl halides is 3. The van der Waals surface area contributed by atoms with Gasteiger partial charge >= 0.3 is 6.18 Å². The minimum Gasteiger partial charge on any atom is -0.314 e. The van der Waals surface area contributed by atoms with Gasteiger partial charge in [-0.2, -0.15) is 18.2 Å². The first kappa shape index (κ1) is 10.5. The van der Waals surface area contributed by atoms with Crippen molar-refractivity contribution in [1.29, 1.82) is 0 Å². The number of rotatable bonds is 2. The number of nitrogens with zero attached hydrogens (tertiary/aromatic N) is 1. The summed E-state index contributed by atoms with van der Waals surface area (Å²) in [6.07, 6.45) is -4.28. The van der Waals surface area contributed by atoms with Gasteiger partial charge in [-0.3, -0.25) is 0 Å². The average molecular weight is 211 g/mol. The highest BCUT2D eigenvalue weighted by Gasteiger charge is 2.32. The van der Waals surface area contributed by atoms with Crippen molar-refractivity contribution in [3.8, 4) is 0 Å². The number of hydroxylamine groups is 2. The molecule has 0 aromatic carbocycles. The number of hydrogen-bond donors (Lipinski definition) is 1. The van der Waals surface area contributed by atoms with E-state index in [1.165, 1.54) is 13.1 Å². The van der Waals surface area contributed by atoms with Crippen LogP contribution < -0.4 is 0 Å². The lowest BCUT2D eigenvalue weighted by Crippen LogP contribution is -2.10. The zero-order chi connectivity index (χ0) is 10.1. The van der Waals surface area contributed by atoms with E-state index in [0.717, 1.165) is 11.1 Å². The molecule has 13 heavy (non-hydrogen) atoms. The Hall–Kier alpha value is -0.590. The maximum absolute atomic E-state index is 12.1. The van der Waals surface area contributed by atoms with Crippen molar-refractivity contribution in [3.63, 3.8) is 0 Å². The van der Waals surface area contributed by atoms with Crippen LogP contribution in [0.3, 0.4) is 0 Å². The first-order valence-electron chi connectivity index (χ1n) is 3.45. The van der Waals surface area contributed by atoms with E-state index in [1.54, 1.807) is 0 Å². The summed E-state index contributed by atoms with van der Waals surface area (Å²) in [5.74, 6) is 0. The fraction of sp³-hybridized carbons (Fsp3) is 0.429. The number of halogens is 3. The molecule has 1 heterocycles. The van der Waals surface area contributed by atoms with Crippen molar-refractivity contribution in [2.75, 3.05) is 7.05 Å². The minimum absolute atomic E-state index is 0.112. The topological polar surface area (TPSA) is 23.5 Å². The molecule has 0 spiro atoms. The molecule has 1 aromatic heterocycles. The van der Waals surface area contributed by atoms with Crippen LogP contribution in [0.15, 0.2) is 12.1 Å². The Kier molecular flexibility index (Phi) is 2.94. The van der Waals surface area contributed by atoms with Crippen molar-refractivity contribution < 1.29 is 18.4 Å². The second kappa shape index (κ2) is 3.65. The van der Waals surface area contributed by atoms with E-state index in [1.807, 2.05) is 0 Å². The monoisotopic (exact) mass is 211 g/mol. The zero-order valence-electron chi connectivity index (χ0n) is 6.80. The summed E-state index contributed by atoms with van der Waals surface area (Å²) < 4.78 is 36.2. The molecule has 0 fully saturated rings. The molecule has 74 valence electrons. The molecule has 0 radical (unpaired) electrons. The van der Waals surface area contributed by atoms with Gasteiger partial charge in [0, 0.05) is 11.9 Å². The van der Waals surface area contributed by atoms with Crippen LogP contribution in [-0.4, -0.2) is 17.3 Å². The van der Waals surface area contributed by atoms with Gasteiger partial charge in [-0.1, -0.05) is 0 Å². The quantitative estimate of drug-likeness (QED) is 0.760. The molecule has 0 aliphatic heterocycles. The number of hydrogen-bond acceptors (Lipinski definition) is 3. The van der Waals surface area contributed by atoms with Gasteiger partial charge in [0.1, 0.15) is 4.88 Å². The molecule has 0 aliphatic carbocycles. The molecule has 1 N–H and O–H groups in total. The van der Waals surface area contributed by atoms with Gasteiger partial charge in [0.25, 0.3) is 0 Å². The molecule has 0 unspecified atom stereocenters. The van der Waals surface area contributed by atoms with Crippen molar-refractivity contribution in [3.05, 3.63) is 21.9 Å². The molecular formula is C7H8F3NOS. The second-order valence-electron chi connectivity index (χ2n) is 2.58. The Bertz CT molecular complexity index is 282. The van der Waals surface area contributed by atoms with Crippen LogP contribution in [0, 0.1) is 0 Å². The molecule has 0 atom stereocenters. The lowest BCUT2D eigenvalue weighted by molar-refractivity contribution is -0.134. The third-order valence-electron chi connectivity index (χ3n) is 1.33. The highest BCUT2D eigenvalue weighted by Crippen LogP contribution is 2.34. The van der Waals surface area contributed by atoms with Crippen molar-refractivity contribution in [2.45, 2.75) is 12.7 Å². The molecule has 6 heteroatoms. The Morgan fingerprint density at radius 2 is 2.08 bits per heavy atom. The third kappa shape index (κ3) is 2.98. The summed E-state index contributed by atoms with van der Waals surface area (Å²) in [6, 6.07) is 2.38. The molecule has 2 nitrogen and oxygen atoms in total. The van der Waals surface area contributed by atoms with Crippen molar-refractivity contribution in [1.82, 2.24) is 5.06 Å². The molecule has 1 aromatic rings. The summed E-state index contributed by atoms with van der Waals surface area (Å²) in [7, 11) is 1.38. The fourth-order valence-electron chi connectivity index (χ4n) is 0.841. The molecule has 1 rings (SSSR count). The maximum Gasteiger partial charge on any atom is 0.425 e. The summed E-state index contributed by atoms with van der Waals surface area (Å²) >= 11 is 0.641. The van der Waals surface area contributed by atoms with Crippen LogP contribution in [0.5, 0.6) is 0 Å². The second-order valence-corrected chi connectivity index (χ2v) is 3.75. The van der Waals surface area contributed by atoms with Gasteiger partial charge in [0.2, 0.25) is 0 Å². The van der Waals surface area contributed by atoms with E-state index in [2.05, 4.69) is 0 Å². The van der Waals surface area contributed by atoms with E-state index in [0.29, 0.717) is 16.2 Å². The van der Waals surface area contributed by atoms with Crippen LogP contribution in [-0.2, 0) is 12.7 Å². The largest absolute Gasteiger partial charge is 0.425 e. The first-order chi connectivity index (χ1) is 5.89. The maximum atomic E-state index is 12.1. The van der Waals surface area contributed by atoms with E-state index < -0.39 is 11.1 Å². The van der Waals surface area contributed by atoms with Crippen molar-refractivity contribution >= 4 is 11.3 Å². The summed E-state index contributed by atoms with van der Waals surface area (Å²) in [5, 5.41) is 9.62. The smallest absolute Gasteiger partial charge is 0.314 e. The van der Waals surface area contributed by atoms with Gasteiger partial charge in [-0.05, 0) is 12.1 Å². The van der Waals surface area contributed by atoms with E-state index in [-0.39, 0.29) is 6.54 Å². The molecule has 0 saturated carbocycles. The average Bonchev–Trinajstić information content (AvgIpc) is 2.32. The zero-order valence-corrected chi connectivity index (χ0v) is 7.61. The lowest BCUT2D eigenvalue weighted by atomic mass is 10.4. The predicted octanol–water partition coefficient (Wildman–Crippen LogP) is 2.59. The Labute approximate surface area is 77.2 Å². The van der Waals surface area contributed by atoms with E-state index in [9.17, 15) is 13.2 Å². The fourth-order valence-corrected chi connectivity index (χ4v) is 1.76. The Morgan fingerprint density at radius 1 is 1.46 bits per heavy atom. The summed E-state index contributed by atoms with van der Waals surface area (Å²) in [6.45, 7) is 0.112. The molecule has 0 aliphatic rings. The van der Waals surface area contributed by atoms with Gasteiger partial charge in [-0.15, -0.1) is 11.3 Å². The molecule has 0 saturated heterocycles. The minimum atomic E-state index is -4.28. The van der Waals surface area contributed by atoms with Gasteiger partial charge < -0.3 is 5.21 Å². The summed E-state index contributed by atoms with van der Waals surface area (Å²) in [4.78, 5) is -0.151. The highest BCUT2D eigenvalue weighted by molar-refractivity contribution is 7.12. The SMILES string of the molecule is CN(O)Cc1ccc(C(F)(F)F)s1. The molecule has 0 bridgehead atoms. The van der Waals surface area contributed by atoms with E-state index in [4.69, 9.17) is 5.21 Å². The normalized spacial score (nSPS) is 12.5. The highest BCUT2D eigenvalue weighted by atomic mass is 32.1. The standard InChI is InChI=1S/C7H8F3NOS/c1-11(12)4-5-2-3-6(13-5)7(8,9)10/h2-3,12H,4H2,1H3.